The highest BCUT2D eigenvalue weighted by atomic mass is 16.2. The summed E-state index contributed by atoms with van der Waals surface area (Å²) in [6.07, 6.45) is 10.9. The van der Waals surface area contributed by atoms with E-state index in [9.17, 15) is 19.2 Å². The standard InChI is InChI=1S/C20H30O4/c21-17(15-9-5-7-13-19(15)23)11-3-1-2-4-12-18(22)16-10-6-8-14-20(16)24/h15-16H,1-14H2/t15-,16-/m0/s1. The smallest absolute Gasteiger partial charge is 0.143 e. The van der Waals surface area contributed by atoms with Gasteiger partial charge < -0.3 is 0 Å². The first-order chi connectivity index (χ1) is 11.6. The van der Waals surface area contributed by atoms with Gasteiger partial charge in [-0.05, 0) is 38.5 Å². The molecule has 24 heavy (non-hydrogen) atoms. The number of carbonyl (C=O) groups is 4. The third kappa shape index (κ3) is 5.64. The zero-order valence-corrected chi connectivity index (χ0v) is 14.7. The van der Waals surface area contributed by atoms with Gasteiger partial charge in [-0.1, -0.05) is 25.7 Å². The highest BCUT2D eigenvalue weighted by Gasteiger charge is 2.29. The summed E-state index contributed by atoms with van der Waals surface area (Å²) in [6, 6.07) is 0. The predicted octanol–water partition coefficient (Wildman–Crippen LogP) is 3.98. The summed E-state index contributed by atoms with van der Waals surface area (Å²) in [5, 5.41) is 0. The van der Waals surface area contributed by atoms with Crippen LogP contribution in [0.3, 0.4) is 0 Å². The van der Waals surface area contributed by atoms with Crippen LogP contribution in [0.2, 0.25) is 0 Å². The molecule has 0 aromatic carbocycles. The SMILES string of the molecule is O=C(CCCCCCC(=O)[C@@H]1CCCCC1=O)[C@@H]1CCCCC1=O. The van der Waals surface area contributed by atoms with E-state index in [0.717, 1.165) is 64.2 Å². The minimum atomic E-state index is -0.336. The van der Waals surface area contributed by atoms with Crippen LogP contribution in [0.4, 0.5) is 0 Å². The van der Waals surface area contributed by atoms with Crippen LogP contribution in [0.1, 0.15) is 89.9 Å². The highest BCUT2D eigenvalue weighted by molar-refractivity contribution is 6.03. The molecule has 0 radical (unpaired) electrons. The fourth-order valence-electron chi connectivity index (χ4n) is 3.95. The lowest BCUT2D eigenvalue weighted by Crippen LogP contribution is -2.27. The van der Waals surface area contributed by atoms with Crippen molar-refractivity contribution in [2.24, 2.45) is 11.8 Å². The van der Waals surface area contributed by atoms with Crippen molar-refractivity contribution in [2.45, 2.75) is 89.9 Å². The van der Waals surface area contributed by atoms with Crippen LogP contribution in [0.5, 0.6) is 0 Å². The Hall–Kier alpha value is -1.32. The number of carbonyl (C=O) groups excluding carboxylic acids is 4. The van der Waals surface area contributed by atoms with Gasteiger partial charge in [-0.15, -0.1) is 0 Å². The van der Waals surface area contributed by atoms with E-state index in [4.69, 9.17) is 0 Å². The summed E-state index contributed by atoms with van der Waals surface area (Å²) in [4.78, 5) is 47.6. The molecule has 0 spiro atoms. The van der Waals surface area contributed by atoms with Gasteiger partial charge in [0.05, 0.1) is 11.8 Å². The third-order valence-electron chi connectivity index (χ3n) is 5.48. The highest BCUT2D eigenvalue weighted by Crippen LogP contribution is 2.24. The maximum Gasteiger partial charge on any atom is 0.143 e. The molecule has 2 aliphatic rings. The molecular formula is C20H30O4. The second-order valence-corrected chi connectivity index (χ2v) is 7.38. The molecular weight excluding hydrogens is 304 g/mol. The predicted molar refractivity (Wildman–Crippen MR) is 91.6 cm³/mol. The lowest BCUT2D eigenvalue weighted by molar-refractivity contribution is -0.136. The van der Waals surface area contributed by atoms with E-state index in [1.165, 1.54) is 0 Å². The Morgan fingerprint density at radius 3 is 1.46 bits per heavy atom. The summed E-state index contributed by atoms with van der Waals surface area (Å²) in [5.41, 5.74) is 0. The van der Waals surface area contributed by atoms with Crippen LogP contribution in [0, 0.1) is 11.8 Å². The Balaban J connectivity index is 1.55. The fourth-order valence-corrected chi connectivity index (χ4v) is 3.95. The molecule has 0 aromatic heterocycles. The molecule has 0 saturated heterocycles. The number of Topliss-reactive ketones (excluding diaryl/α,β-unsaturated/α-hetero) is 4. The number of hydrogen-bond donors (Lipinski definition) is 0. The fraction of sp³-hybridized carbons (Fsp3) is 0.800. The van der Waals surface area contributed by atoms with Gasteiger partial charge in [0.2, 0.25) is 0 Å². The average molecular weight is 334 g/mol. The lowest BCUT2D eigenvalue weighted by Gasteiger charge is -2.19. The van der Waals surface area contributed by atoms with Gasteiger partial charge in [0.1, 0.15) is 23.1 Å². The van der Waals surface area contributed by atoms with Crippen LogP contribution >= 0.6 is 0 Å². The van der Waals surface area contributed by atoms with Crippen molar-refractivity contribution in [3.8, 4) is 0 Å². The second-order valence-electron chi connectivity index (χ2n) is 7.38. The second kappa shape index (κ2) is 9.85. The zero-order valence-electron chi connectivity index (χ0n) is 14.7. The molecule has 0 amide bonds. The van der Waals surface area contributed by atoms with Crippen molar-refractivity contribution in [2.75, 3.05) is 0 Å². The molecule has 2 atom stereocenters. The molecule has 2 saturated carbocycles. The maximum atomic E-state index is 12.1. The van der Waals surface area contributed by atoms with Gasteiger partial charge >= 0.3 is 0 Å². The zero-order chi connectivity index (χ0) is 17.4. The molecule has 2 rings (SSSR count). The van der Waals surface area contributed by atoms with E-state index >= 15 is 0 Å². The van der Waals surface area contributed by atoms with Crippen molar-refractivity contribution in [3.63, 3.8) is 0 Å². The summed E-state index contributed by atoms with van der Waals surface area (Å²) in [6.45, 7) is 0. The van der Waals surface area contributed by atoms with Crippen molar-refractivity contribution in [1.82, 2.24) is 0 Å². The molecule has 134 valence electrons. The third-order valence-corrected chi connectivity index (χ3v) is 5.48. The summed E-state index contributed by atoms with van der Waals surface area (Å²) >= 11 is 0. The van der Waals surface area contributed by atoms with Gasteiger partial charge in [-0.3, -0.25) is 19.2 Å². The van der Waals surface area contributed by atoms with Crippen LogP contribution in [-0.2, 0) is 19.2 Å². The first-order valence-electron chi connectivity index (χ1n) is 9.70. The minimum Gasteiger partial charge on any atom is -0.299 e. The van der Waals surface area contributed by atoms with Crippen molar-refractivity contribution in [1.29, 1.82) is 0 Å². The Labute approximate surface area is 144 Å². The molecule has 4 nitrogen and oxygen atoms in total. The molecule has 4 heteroatoms. The van der Waals surface area contributed by atoms with E-state index in [2.05, 4.69) is 0 Å². The molecule has 0 heterocycles. The Bertz CT molecular complexity index is 436. The summed E-state index contributed by atoms with van der Waals surface area (Å²) < 4.78 is 0. The van der Waals surface area contributed by atoms with Gasteiger partial charge in [0, 0.05) is 25.7 Å². The van der Waals surface area contributed by atoms with E-state index in [0.29, 0.717) is 25.7 Å². The van der Waals surface area contributed by atoms with E-state index in [-0.39, 0.29) is 35.0 Å². The number of unbranched alkanes of at least 4 members (excludes halogenated alkanes) is 3. The molecule has 2 aliphatic carbocycles. The van der Waals surface area contributed by atoms with Crippen LogP contribution in [0.25, 0.3) is 0 Å². The van der Waals surface area contributed by atoms with Gasteiger partial charge in [0.25, 0.3) is 0 Å². The maximum absolute atomic E-state index is 12.1. The largest absolute Gasteiger partial charge is 0.299 e. The number of rotatable bonds is 9. The molecule has 0 unspecified atom stereocenters. The number of ketones is 4. The molecule has 0 aromatic rings. The summed E-state index contributed by atoms with van der Waals surface area (Å²) in [5.74, 6) is -0.176. The van der Waals surface area contributed by atoms with Crippen molar-refractivity contribution in [3.05, 3.63) is 0 Å². The van der Waals surface area contributed by atoms with Crippen LogP contribution in [-0.4, -0.2) is 23.1 Å². The van der Waals surface area contributed by atoms with E-state index in [1.807, 2.05) is 0 Å². The van der Waals surface area contributed by atoms with E-state index < -0.39 is 0 Å². The van der Waals surface area contributed by atoms with Crippen LogP contribution < -0.4 is 0 Å². The van der Waals surface area contributed by atoms with Gasteiger partial charge in [0.15, 0.2) is 0 Å². The van der Waals surface area contributed by atoms with Gasteiger partial charge in [-0.2, -0.15) is 0 Å². The first kappa shape index (κ1) is 19.0. The quantitative estimate of drug-likeness (QED) is 0.472. The monoisotopic (exact) mass is 334 g/mol. The normalized spacial score (nSPS) is 24.8. The van der Waals surface area contributed by atoms with E-state index in [1.54, 1.807) is 0 Å². The molecule has 0 aliphatic heterocycles. The van der Waals surface area contributed by atoms with Crippen molar-refractivity contribution >= 4 is 23.1 Å². The number of hydrogen-bond acceptors (Lipinski definition) is 4. The molecule has 0 N–H and O–H groups in total. The van der Waals surface area contributed by atoms with Crippen LogP contribution in [0.15, 0.2) is 0 Å². The van der Waals surface area contributed by atoms with Crippen molar-refractivity contribution < 1.29 is 19.2 Å². The molecule has 0 bridgehead atoms. The molecule has 2 fully saturated rings. The average Bonchev–Trinajstić information content (AvgIpc) is 2.58. The van der Waals surface area contributed by atoms with Gasteiger partial charge in [-0.25, -0.2) is 0 Å². The summed E-state index contributed by atoms with van der Waals surface area (Å²) in [7, 11) is 0. The lowest BCUT2D eigenvalue weighted by atomic mass is 9.83. The Morgan fingerprint density at radius 1 is 0.667 bits per heavy atom. The Kier molecular flexibility index (Phi) is 7.80. The topological polar surface area (TPSA) is 68.3 Å². The minimum absolute atomic E-state index is 0.114. The Morgan fingerprint density at radius 2 is 1.08 bits per heavy atom. The first-order valence-corrected chi connectivity index (χ1v) is 9.70.